The van der Waals surface area contributed by atoms with Gasteiger partial charge in [-0.3, -0.25) is 4.79 Å². The summed E-state index contributed by atoms with van der Waals surface area (Å²) < 4.78 is 0. The number of phenolic OH excluding ortho intramolecular Hbond substituents is 2. The Labute approximate surface area is 71.3 Å². The van der Waals surface area contributed by atoms with Gasteiger partial charge in [0.2, 0.25) is 0 Å². The minimum absolute atomic E-state index is 0.0671. The molecule has 1 rings (SSSR count). The average molecular weight is 168 g/mol. The van der Waals surface area contributed by atoms with Gasteiger partial charge in [-0.25, -0.2) is 0 Å². The minimum atomic E-state index is -0.199. The van der Waals surface area contributed by atoms with Crippen molar-refractivity contribution < 1.29 is 15.0 Å². The first-order valence-corrected chi connectivity index (χ1v) is 3.72. The summed E-state index contributed by atoms with van der Waals surface area (Å²) in [6.07, 6.45) is 0.407. The zero-order valence-corrected chi connectivity index (χ0v) is 7.11. The lowest BCUT2D eigenvalue weighted by atomic mass is 10.2. The number of aromatic hydroxyl groups is 2. The van der Waals surface area contributed by atoms with Crippen LogP contribution in [0, 0.1) is 0 Å². The summed E-state index contributed by atoms with van der Waals surface area (Å²) in [6, 6.07) is 4.13. The molecule has 3 heteroatoms. The molecule has 0 spiro atoms. The van der Waals surface area contributed by atoms with Crippen LogP contribution < -0.4 is 0 Å². The van der Waals surface area contributed by atoms with Crippen molar-refractivity contribution in [2.45, 2.75) is 13.8 Å². The Morgan fingerprint density at radius 1 is 1.17 bits per heavy atom. The molecular weight excluding hydrogens is 156 g/mol. The molecule has 0 bridgehead atoms. The van der Waals surface area contributed by atoms with E-state index < -0.39 is 0 Å². The van der Waals surface area contributed by atoms with E-state index in [1.807, 2.05) is 13.8 Å². The molecule has 66 valence electrons. The standard InChI is InChI=1S/C7H6O3.C2H6/c8-4-5-6(9)2-1-3-7(5)10;1-2/h1-4,9-10H;1-2H3. The van der Waals surface area contributed by atoms with Crippen molar-refractivity contribution in [3.05, 3.63) is 23.8 Å². The topological polar surface area (TPSA) is 57.5 Å². The van der Waals surface area contributed by atoms with Gasteiger partial charge in [-0.05, 0) is 12.1 Å². The maximum absolute atomic E-state index is 10.1. The second-order valence-electron chi connectivity index (χ2n) is 1.83. The second-order valence-corrected chi connectivity index (χ2v) is 1.83. The summed E-state index contributed by atoms with van der Waals surface area (Å²) in [7, 11) is 0. The van der Waals surface area contributed by atoms with E-state index >= 15 is 0 Å². The lowest BCUT2D eigenvalue weighted by Crippen LogP contribution is -1.80. The minimum Gasteiger partial charge on any atom is -0.507 e. The molecule has 0 atom stereocenters. The SMILES string of the molecule is CC.O=Cc1c(O)cccc1O. The molecular formula is C9H12O3. The predicted octanol–water partition coefficient (Wildman–Crippen LogP) is 1.94. The molecule has 1 aromatic carbocycles. The largest absolute Gasteiger partial charge is 0.507 e. The quantitative estimate of drug-likeness (QED) is 0.630. The number of hydrogen-bond donors (Lipinski definition) is 2. The Morgan fingerprint density at radius 3 is 1.83 bits per heavy atom. The normalized spacial score (nSPS) is 8.17. The molecule has 0 aliphatic carbocycles. The average Bonchev–Trinajstić information content (AvgIpc) is 2.08. The highest BCUT2D eigenvalue weighted by Crippen LogP contribution is 2.23. The highest BCUT2D eigenvalue weighted by molar-refractivity contribution is 5.83. The van der Waals surface area contributed by atoms with Crippen LogP contribution in [0.15, 0.2) is 18.2 Å². The van der Waals surface area contributed by atoms with E-state index in [0.717, 1.165) is 0 Å². The van der Waals surface area contributed by atoms with Crippen molar-refractivity contribution in [2.24, 2.45) is 0 Å². The maximum Gasteiger partial charge on any atom is 0.157 e. The summed E-state index contributed by atoms with van der Waals surface area (Å²) in [6.45, 7) is 4.00. The van der Waals surface area contributed by atoms with Crippen LogP contribution in [0.25, 0.3) is 0 Å². The summed E-state index contributed by atoms with van der Waals surface area (Å²) in [5.74, 6) is -0.398. The molecule has 0 aliphatic heterocycles. The number of hydrogen-bond acceptors (Lipinski definition) is 3. The van der Waals surface area contributed by atoms with Crippen LogP contribution in [0.1, 0.15) is 24.2 Å². The van der Waals surface area contributed by atoms with Gasteiger partial charge in [0.15, 0.2) is 6.29 Å². The van der Waals surface area contributed by atoms with Crippen LogP contribution in [0.2, 0.25) is 0 Å². The number of rotatable bonds is 1. The molecule has 3 nitrogen and oxygen atoms in total. The Balaban J connectivity index is 0.000000561. The third-order valence-corrected chi connectivity index (χ3v) is 1.18. The van der Waals surface area contributed by atoms with Crippen LogP contribution in [-0.2, 0) is 0 Å². The Bertz CT molecular complexity index is 236. The number of carbonyl (C=O) groups is 1. The van der Waals surface area contributed by atoms with E-state index in [1.165, 1.54) is 18.2 Å². The first kappa shape index (κ1) is 10.5. The molecule has 0 aromatic heterocycles. The monoisotopic (exact) mass is 168 g/mol. The molecule has 0 saturated carbocycles. The van der Waals surface area contributed by atoms with E-state index in [9.17, 15) is 4.79 Å². The molecule has 0 saturated heterocycles. The highest BCUT2D eigenvalue weighted by atomic mass is 16.3. The van der Waals surface area contributed by atoms with Crippen LogP contribution in [0.4, 0.5) is 0 Å². The summed E-state index contributed by atoms with van der Waals surface area (Å²) >= 11 is 0. The van der Waals surface area contributed by atoms with Gasteiger partial charge in [0.1, 0.15) is 11.5 Å². The highest BCUT2D eigenvalue weighted by Gasteiger charge is 2.02. The first-order valence-electron chi connectivity index (χ1n) is 3.72. The predicted molar refractivity (Wildman–Crippen MR) is 46.5 cm³/mol. The Morgan fingerprint density at radius 2 is 1.58 bits per heavy atom. The summed E-state index contributed by atoms with van der Waals surface area (Å²) in [5.41, 5.74) is -0.0671. The van der Waals surface area contributed by atoms with Crippen molar-refractivity contribution in [3.8, 4) is 11.5 Å². The number of benzene rings is 1. The van der Waals surface area contributed by atoms with Crippen molar-refractivity contribution in [3.63, 3.8) is 0 Å². The van der Waals surface area contributed by atoms with Crippen LogP contribution in [0.5, 0.6) is 11.5 Å². The number of phenols is 2. The fraction of sp³-hybridized carbons (Fsp3) is 0.222. The molecule has 0 unspecified atom stereocenters. The van der Waals surface area contributed by atoms with E-state index in [1.54, 1.807) is 0 Å². The van der Waals surface area contributed by atoms with Crippen molar-refractivity contribution in [1.29, 1.82) is 0 Å². The van der Waals surface area contributed by atoms with Gasteiger partial charge < -0.3 is 10.2 Å². The fourth-order valence-electron chi connectivity index (χ4n) is 0.662. The molecule has 2 N–H and O–H groups in total. The van der Waals surface area contributed by atoms with Gasteiger partial charge in [-0.15, -0.1) is 0 Å². The number of carbonyl (C=O) groups excluding carboxylic acids is 1. The van der Waals surface area contributed by atoms with Crippen LogP contribution >= 0.6 is 0 Å². The maximum atomic E-state index is 10.1. The molecule has 0 fully saturated rings. The molecule has 12 heavy (non-hydrogen) atoms. The van der Waals surface area contributed by atoms with Crippen molar-refractivity contribution in [2.75, 3.05) is 0 Å². The molecule has 1 aromatic rings. The number of aldehydes is 1. The van der Waals surface area contributed by atoms with Gasteiger partial charge in [-0.1, -0.05) is 19.9 Å². The van der Waals surface area contributed by atoms with E-state index in [-0.39, 0.29) is 17.1 Å². The van der Waals surface area contributed by atoms with Gasteiger partial charge in [0, 0.05) is 0 Å². The smallest absolute Gasteiger partial charge is 0.157 e. The van der Waals surface area contributed by atoms with Crippen molar-refractivity contribution >= 4 is 6.29 Å². The zero-order valence-electron chi connectivity index (χ0n) is 7.11. The zero-order chi connectivity index (χ0) is 9.56. The molecule has 0 heterocycles. The fourth-order valence-corrected chi connectivity index (χ4v) is 0.662. The van der Waals surface area contributed by atoms with Gasteiger partial charge in [-0.2, -0.15) is 0 Å². The van der Waals surface area contributed by atoms with Crippen molar-refractivity contribution in [1.82, 2.24) is 0 Å². The van der Waals surface area contributed by atoms with Crippen LogP contribution in [0.3, 0.4) is 0 Å². The van der Waals surface area contributed by atoms with E-state index in [0.29, 0.717) is 6.29 Å². The second kappa shape index (κ2) is 5.18. The summed E-state index contributed by atoms with van der Waals surface area (Å²) in [4.78, 5) is 10.1. The third kappa shape index (κ3) is 2.27. The van der Waals surface area contributed by atoms with Gasteiger partial charge >= 0.3 is 0 Å². The van der Waals surface area contributed by atoms with Gasteiger partial charge in [0.25, 0.3) is 0 Å². The van der Waals surface area contributed by atoms with Crippen LogP contribution in [-0.4, -0.2) is 16.5 Å². The first-order chi connectivity index (χ1) is 5.75. The Hall–Kier alpha value is -1.51. The molecule has 0 radical (unpaired) electrons. The summed E-state index contributed by atoms with van der Waals surface area (Å²) in [5, 5.41) is 17.8. The molecule has 0 aliphatic rings. The molecule has 0 amide bonds. The van der Waals surface area contributed by atoms with E-state index in [2.05, 4.69) is 0 Å². The Kier molecular flexibility index (Phi) is 4.53. The lowest BCUT2D eigenvalue weighted by Gasteiger charge is -1.97. The lowest BCUT2D eigenvalue weighted by molar-refractivity contribution is 0.111. The van der Waals surface area contributed by atoms with E-state index in [4.69, 9.17) is 10.2 Å². The van der Waals surface area contributed by atoms with Gasteiger partial charge in [0.05, 0.1) is 5.56 Å². The third-order valence-electron chi connectivity index (χ3n) is 1.18.